The first-order valence-corrected chi connectivity index (χ1v) is 7.35. The molecule has 1 rings (SSSR count). The topological polar surface area (TPSA) is 75.2 Å². The van der Waals surface area contributed by atoms with Gasteiger partial charge in [-0.2, -0.15) is 4.31 Å². The summed E-state index contributed by atoms with van der Waals surface area (Å²) in [5.41, 5.74) is 0. The van der Waals surface area contributed by atoms with Crippen LogP contribution in [-0.4, -0.2) is 42.8 Å². The van der Waals surface area contributed by atoms with Gasteiger partial charge in [0.15, 0.2) is 0 Å². The minimum atomic E-state index is -3.49. The summed E-state index contributed by atoms with van der Waals surface area (Å²) in [7, 11) is -1.81. The molecule has 0 fully saturated rings. The van der Waals surface area contributed by atoms with Gasteiger partial charge in [-0.25, -0.2) is 18.4 Å². The Morgan fingerprint density at radius 3 is 2.28 bits per heavy atom. The summed E-state index contributed by atoms with van der Waals surface area (Å²) in [6, 6.07) is 0. The number of sulfonamides is 1. The van der Waals surface area contributed by atoms with Gasteiger partial charge in [-0.15, -0.1) is 0 Å². The highest BCUT2D eigenvalue weighted by Gasteiger charge is 2.24. The summed E-state index contributed by atoms with van der Waals surface area (Å²) in [5.74, 6) is 0.679. The van der Waals surface area contributed by atoms with Crippen LogP contribution >= 0.6 is 0 Å². The average molecular weight is 272 g/mol. The lowest BCUT2D eigenvalue weighted by atomic mass is 10.2. The maximum atomic E-state index is 12.3. The predicted octanol–water partition coefficient (Wildman–Crippen LogP) is 1.18. The molecule has 0 aliphatic carbocycles. The molecule has 1 N–H and O–H groups in total. The smallest absolute Gasteiger partial charge is 0.246 e. The zero-order valence-electron chi connectivity index (χ0n) is 11.2. The summed E-state index contributed by atoms with van der Waals surface area (Å²) in [6.45, 7) is 6.72. The Morgan fingerprint density at radius 1 is 1.33 bits per heavy atom. The second-order valence-corrected chi connectivity index (χ2v) is 6.28. The molecule has 6 nitrogen and oxygen atoms in total. The van der Waals surface area contributed by atoms with Crippen molar-refractivity contribution in [2.75, 3.05) is 25.5 Å². The van der Waals surface area contributed by atoms with E-state index in [-0.39, 0.29) is 10.8 Å². The molecule has 1 aromatic rings. The third-order valence-corrected chi connectivity index (χ3v) is 4.30. The average Bonchev–Trinajstić information content (AvgIpc) is 2.35. The van der Waals surface area contributed by atoms with Crippen LogP contribution in [0.2, 0.25) is 0 Å². The SMILES string of the molecule is CCN(CC(C)C)S(=O)(=O)c1cnc(NC)nc1. The predicted molar refractivity (Wildman–Crippen MR) is 70.8 cm³/mol. The number of hydrogen-bond acceptors (Lipinski definition) is 5. The number of rotatable bonds is 6. The molecule has 0 unspecified atom stereocenters. The van der Waals surface area contributed by atoms with E-state index in [0.29, 0.717) is 19.0 Å². The number of nitrogens with zero attached hydrogens (tertiary/aromatic N) is 3. The van der Waals surface area contributed by atoms with Crippen LogP contribution in [-0.2, 0) is 10.0 Å². The Balaban J connectivity index is 3.02. The lowest BCUT2D eigenvalue weighted by Gasteiger charge is -2.21. The van der Waals surface area contributed by atoms with Crippen LogP contribution in [0.1, 0.15) is 20.8 Å². The quantitative estimate of drug-likeness (QED) is 0.841. The number of nitrogens with one attached hydrogen (secondary N) is 1. The molecule has 7 heteroatoms. The fourth-order valence-corrected chi connectivity index (χ4v) is 3.04. The first kappa shape index (κ1) is 14.8. The van der Waals surface area contributed by atoms with Crippen LogP contribution in [0.3, 0.4) is 0 Å². The molecule has 1 heterocycles. The summed E-state index contributed by atoms with van der Waals surface area (Å²) in [5, 5.41) is 2.75. The van der Waals surface area contributed by atoms with Crippen molar-refractivity contribution in [2.45, 2.75) is 25.7 Å². The maximum absolute atomic E-state index is 12.3. The molecule has 18 heavy (non-hydrogen) atoms. The van der Waals surface area contributed by atoms with Gasteiger partial charge in [-0.1, -0.05) is 20.8 Å². The van der Waals surface area contributed by atoms with Gasteiger partial charge < -0.3 is 5.32 Å². The molecule has 1 aromatic heterocycles. The first-order valence-electron chi connectivity index (χ1n) is 5.91. The van der Waals surface area contributed by atoms with Crippen LogP contribution in [0, 0.1) is 5.92 Å². The van der Waals surface area contributed by atoms with Crippen LogP contribution in [0.15, 0.2) is 17.3 Å². The molecule has 0 atom stereocenters. The lowest BCUT2D eigenvalue weighted by Crippen LogP contribution is -2.34. The molecular formula is C11H20N4O2S. The van der Waals surface area contributed by atoms with Gasteiger partial charge in [0.05, 0.1) is 12.4 Å². The summed E-state index contributed by atoms with van der Waals surface area (Å²) >= 11 is 0. The van der Waals surface area contributed by atoms with Gasteiger partial charge in [0, 0.05) is 20.1 Å². The van der Waals surface area contributed by atoms with Gasteiger partial charge in [-0.3, -0.25) is 0 Å². The molecular weight excluding hydrogens is 252 g/mol. The molecule has 0 bridgehead atoms. The number of aromatic nitrogens is 2. The second kappa shape index (κ2) is 6.10. The van der Waals surface area contributed by atoms with Crippen molar-refractivity contribution in [2.24, 2.45) is 5.92 Å². The van der Waals surface area contributed by atoms with Gasteiger partial charge in [0.25, 0.3) is 0 Å². The molecule has 0 saturated heterocycles. The normalized spacial score (nSPS) is 12.1. The highest BCUT2D eigenvalue weighted by Crippen LogP contribution is 2.15. The van der Waals surface area contributed by atoms with Gasteiger partial charge in [0.1, 0.15) is 4.90 Å². The Bertz CT molecular complexity index is 470. The lowest BCUT2D eigenvalue weighted by molar-refractivity contribution is 0.380. The van der Waals surface area contributed by atoms with Crippen molar-refractivity contribution in [3.8, 4) is 0 Å². The fraction of sp³-hybridized carbons (Fsp3) is 0.636. The fourth-order valence-electron chi connectivity index (χ4n) is 1.53. The van der Waals surface area contributed by atoms with Crippen LogP contribution in [0.5, 0.6) is 0 Å². The molecule has 0 spiro atoms. The van der Waals surface area contributed by atoms with E-state index >= 15 is 0 Å². The van der Waals surface area contributed by atoms with E-state index in [1.54, 1.807) is 7.05 Å². The molecule has 0 saturated carbocycles. The molecule has 0 radical (unpaired) electrons. The van der Waals surface area contributed by atoms with Crippen molar-refractivity contribution in [3.05, 3.63) is 12.4 Å². The van der Waals surface area contributed by atoms with Crippen molar-refractivity contribution >= 4 is 16.0 Å². The van der Waals surface area contributed by atoms with Gasteiger partial charge in [0.2, 0.25) is 16.0 Å². The van der Waals surface area contributed by atoms with Gasteiger partial charge in [-0.05, 0) is 5.92 Å². The Kier molecular flexibility index (Phi) is 5.03. The van der Waals surface area contributed by atoms with Crippen molar-refractivity contribution in [3.63, 3.8) is 0 Å². The van der Waals surface area contributed by atoms with Crippen molar-refractivity contribution < 1.29 is 8.42 Å². The van der Waals surface area contributed by atoms with E-state index in [4.69, 9.17) is 0 Å². The zero-order chi connectivity index (χ0) is 13.8. The van der Waals surface area contributed by atoms with E-state index in [0.717, 1.165) is 0 Å². The largest absolute Gasteiger partial charge is 0.357 e. The summed E-state index contributed by atoms with van der Waals surface area (Å²) in [4.78, 5) is 7.99. The maximum Gasteiger partial charge on any atom is 0.246 e. The second-order valence-electron chi connectivity index (χ2n) is 4.34. The van der Waals surface area contributed by atoms with Crippen molar-refractivity contribution in [1.82, 2.24) is 14.3 Å². The van der Waals surface area contributed by atoms with Crippen LogP contribution < -0.4 is 5.32 Å². The minimum Gasteiger partial charge on any atom is -0.357 e. The van der Waals surface area contributed by atoms with Crippen LogP contribution in [0.4, 0.5) is 5.95 Å². The standard InChI is InChI=1S/C11H20N4O2S/c1-5-15(8-9(2)3)18(16,17)10-6-13-11(12-4)14-7-10/h6-7,9H,5,8H2,1-4H3,(H,12,13,14). The third-order valence-electron chi connectivity index (χ3n) is 2.41. The number of hydrogen-bond donors (Lipinski definition) is 1. The van der Waals surface area contributed by atoms with E-state index < -0.39 is 10.0 Å². The first-order chi connectivity index (χ1) is 8.41. The molecule has 0 aromatic carbocycles. The monoisotopic (exact) mass is 272 g/mol. The molecule has 0 aliphatic rings. The third kappa shape index (κ3) is 3.39. The van der Waals surface area contributed by atoms with Crippen molar-refractivity contribution in [1.29, 1.82) is 0 Å². The van der Waals surface area contributed by atoms with E-state index in [2.05, 4.69) is 15.3 Å². The Labute approximate surface area is 108 Å². The molecule has 102 valence electrons. The highest BCUT2D eigenvalue weighted by atomic mass is 32.2. The van der Waals surface area contributed by atoms with Gasteiger partial charge >= 0.3 is 0 Å². The van der Waals surface area contributed by atoms with E-state index in [9.17, 15) is 8.42 Å². The summed E-state index contributed by atoms with van der Waals surface area (Å²) < 4.78 is 26.1. The Hall–Kier alpha value is -1.21. The Morgan fingerprint density at radius 2 is 1.89 bits per heavy atom. The molecule has 0 aliphatic heterocycles. The zero-order valence-corrected chi connectivity index (χ0v) is 12.0. The number of anilines is 1. The minimum absolute atomic E-state index is 0.129. The van der Waals surface area contributed by atoms with Crippen LogP contribution in [0.25, 0.3) is 0 Å². The summed E-state index contributed by atoms with van der Waals surface area (Å²) in [6.07, 6.45) is 2.66. The van der Waals surface area contributed by atoms with E-state index in [1.165, 1.54) is 16.7 Å². The molecule has 0 amide bonds. The van der Waals surface area contributed by atoms with E-state index in [1.807, 2.05) is 20.8 Å². The highest BCUT2D eigenvalue weighted by molar-refractivity contribution is 7.89.